The molecule has 0 bridgehead atoms. The molecule has 0 radical (unpaired) electrons. The number of aromatic nitrogens is 4. The van der Waals surface area contributed by atoms with Gasteiger partial charge >= 0.3 is 0 Å². The highest BCUT2D eigenvalue weighted by Gasteiger charge is 2.32. The number of hydrogen-bond donors (Lipinski definition) is 0. The highest BCUT2D eigenvalue weighted by atomic mass is 19.1. The van der Waals surface area contributed by atoms with Gasteiger partial charge in [-0.15, -0.1) is 5.10 Å². The summed E-state index contributed by atoms with van der Waals surface area (Å²) in [6.45, 7) is 3.47. The summed E-state index contributed by atoms with van der Waals surface area (Å²) in [5.74, 6) is -0.0156. The number of nitrogens with zero attached hydrogens (tertiary/aromatic N) is 6. The van der Waals surface area contributed by atoms with Crippen molar-refractivity contribution in [3.63, 3.8) is 0 Å². The molecule has 1 aromatic heterocycles. The van der Waals surface area contributed by atoms with Gasteiger partial charge in [-0.3, -0.25) is 4.90 Å². The molecule has 0 saturated carbocycles. The monoisotopic (exact) mass is 446 g/mol. The van der Waals surface area contributed by atoms with Crippen molar-refractivity contribution in [1.29, 1.82) is 0 Å². The third kappa shape index (κ3) is 4.61. The lowest BCUT2D eigenvalue weighted by Gasteiger charge is -2.40. The molecule has 168 valence electrons. The molecule has 33 heavy (non-hydrogen) atoms. The van der Waals surface area contributed by atoms with Crippen LogP contribution >= 0.6 is 0 Å². The Morgan fingerprint density at radius 3 is 2.21 bits per heavy atom. The summed E-state index contributed by atoms with van der Waals surface area (Å²) in [4.78, 5) is 4.56. The molecule has 8 heteroatoms. The highest BCUT2D eigenvalue weighted by Crippen LogP contribution is 2.31. The lowest BCUT2D eigenvalue weighted by atomic mass is 10.0. The number of hydrogen-bond acceptors (Lipinski definition) is 5. The zero-order valence-electron chi connectivity index (χ0n) is 18.1. The van der Waals surface area contributed by atoms with E-state index in [9.17, 15) is 8.78 Å². The van der Waals surface area contributed by atoms with E-state index in [0.717, 1.165) is 31.7 Å². The van der Waals surface area contributed by atoms with Crippen LogP contribution in [-0.4, -0.2) is 51.3 Å². The Hall–Kier alpha value is -3.65. The molecule has 0 aliphatic carbocycles. The SMILES string of the molecule is Fc1ccc(Cn2nnnc2[C@@H](c2ccccc2F)N2CCN(c3ccccc3)CC2)cc1. The minimum atomic E-state index is -0.431. The molecular weight excluding hydrogens is 422 g/mol. The quantitative estimate of drug-likeness (QED) is 0.450. The standard InChI is InChI=1S/C25H24F2N6/c26-20-12-10-19(11-13-20)18-33-25(28-29-30-33)24(22-8-4-5-9-23(22)27)32-16-14-31(15-17-32)21-6-2-1-3-7-21/h1-13,24H,14-18H2/t24-/m1/s1. The molecule has 0 spiro atoms. The second kappa shape index (κ2) is 9.46. The first kappa shape index (κ1) is 21.2. The number of rotatable bonds is 6. The third-order valence-corrected chi connectivity index (χ3v) is 6.05. The van der Waals surface area contributed by atoms with E-state index in [1.165, 1.54) is 23.9 Å². The van der Waals surface area contributed by atoms with Crippen LogP contribution in [0, 0.1) is 11.6 Å². The lowest BCUT2D eigenvalue weighted by molar-refractivity contribution is 0.198. The predicted molar refractivity (Wildman–Crippen MR) is 122 cm³/mol. The molecule has 1 aliphatic heterocycles. The van der Waals surface area contributed by atoms with Gasteiger partial charge in [0.2, 0.25) is 0 Å². The van der Waals surface area contributed by atoms with Gasteiger partial charge in [0.1, 0.15) is 17.7 Å². The maximum absolute atomic E-state index is 15.0. The number of halogens is 2. The van der Waals surface area contributed by atoms with Crippen LogP contribution in [0.2, 0.25) is 0 Å². The normalized spacial score (nSPS) is 15.5. The van der Waals surface area contributed by atoms with Gasteiger partial charge in [-0.25, -0.2) is 13.5 Å². The van der Waals surface area contributed by atoms with Crippen molar-refractivity contribution in [2.75, 3.05) is 31.1 Å². The van der Waals surface area contributed by atoms with Crippen LogP contribution in [0.3, 0.4) is 0 Å². The molecule has 1 aliphatic rings. The van der Waals surface area contributed by atoms with Gasteiger partial charge in [0.15, 0.2) is 5.82 Å². The molecule has 2 heterocycles. The van der Waals surface area contributed by atoms with Crippen molar-refractivity contribution in [1.82, 2.24) is 25.1 Å². The zero-order valence-corrected chi connectivity index (χ0v) is 18.1. The first-order chi connectivity index (χ1) is 16.2. The van der Waals surface area contributed by atoms with Gasteiger partial charge in [-0.1, -0.05) is 48.5 Å². The van der Waals surface area contributed by atoms with E-state index >= 15 is 0 Å². The van der Waals surface area contributed by atoms with Crippen LogP contribution in [0.5, 0.6) is 0 Å². The Balaban J connectivity index is 1.44. The maximum Gasteiger partial charge on any atom is 0.173 e. The van der Waals surface area contributed by atoms with Crippen molar-refractivity contribution in [2.24, 2.45) is 0 Å². The van der Waals surface area contributed by atoms with E-state index in [2.05, 4.69) is 37.5 Å². The fourth-order valence-electron chi connectivity index (χ4n) is 4.36. The van der Waals surface area contributed by atoms with Crippen molar-refractivity contribution in [3.05, 3.63) is 107 Å². The summed E-state index contributed by atoms with van der Waals surface area (Å²) in [6.07, 6.45) is 0. The van der Waals surface area contributed by atoms with Gasteiger partial charge in [-0.2, -0.15) is 0 Å². The van der Waals surface area contributed by atoms with Crippen LogP contribution in [0.1, 0.15) is 23.0 Å². The second-order valence-corrected chi connectivity index (χ2v) is 8.10. The van der Waals surface area contributed by atoms with Crippen LogP contribution < -0.4 is 4.90 Å². The topological polar surface area (TPSA) is 50.1 Å². The Morgan fingerprint density at radius 1 is 0.788 bits per heavy atom. The fourth-order valence-corrected chi connectivity index (χ4v) is 4.36. The minimum absolute atomic E-state index is 0.288. The van der Waals surface area contributed by atoms with E-state index in [0.29, 0.717) is 17.9 Å². The Morgan fingerprint density at radius 2 is 1.48 bits per heavy atom. The maximum atomic E-state index is 15.0. The van der Waals surface area contributed by atoms with Gasteiger partial charge in [0.25, 0.3) is 0 Å². The molecule has 3 aromatic carbocycles. The summed E-state index contributed by atoms with van der Waals surface area (Å²) in [5.41, 5.74) is 2.59. The van der Waals surface area contributed by atoms with Crippen molar-refractivity contribution < 1.29 is 8.78 Å². The predicted octanol–water partition coefficient (Wildman–Crippen LogP) is 3.91. The second-order valence-electron chi connectivity index (χ2n) is 8.10. The molecule has 4 aromatic rings. The van der Waals surface area contributed by atoms with Gasteiger partial charge < -0.3 is 4.90 Å². The number of piperazine rings is 1. The summed E-state index contributed by atoms with van der Waals surface area (Å²) >= 11 is 0. The first-order valence-corrected chi connectivity index (χ1v) is 11.0. The summed E-state index contributed by atoms with van der Waals surface area (Å²) < 4.78 is 30.0. The van der Waals surface area contributed by atoms with Crippen molar-refractivity contribution >= 4 is 5.69 Å². The molecule has 1 saturated heterocycles. The smallest absolute Gasteiger partial charge is 0.173 e. The van der Waals surface area contributed by atoms with Gasteiger partial charge in [0, 0.05) is 37.4 Å². The number of benzene rings is 3. The number of anilines is 1. The van der Waals surface area contributed by atoms with Gasteiger partial charge in [-0.05, 0) is 46.3 Å². The van der Waals surface area contributed by atoms with E-state index in [1.807, 2.05) is 24.3 Å². The van der Waals surface area contributed by atoms with Crippen LogP contribution in [0.25, 0.3) is 0 Å². The molecular formula is C25H24F2N6. The summed E-state index contributed by atoms with van der Waals surface area (Å²) in [7, 11) is 0. The molecule has 5 rings (SSSR count). The van der Waals surface area contributed by atoms with Crippen molar-refractivity contribution in [2.45, 2.75) is 12.6 Å². The van der Waals surface area contributed by atoms with E-state index in [4.69, 9.17) is 0 Å². The molecule has 0 unspecified atom stereocenters. The van der Waals surface area contributed by atoms with Crippen LogP contribution in [-0.2, 0) is 6.54 Å². The molecule has 0 N–H and O–H groups in total. The summed E-state index contributed by atoms with van der Waals surface area (Å²) in [5, 5.41) is 12.4. The average molecular weight is 447 g/mol. The summed E-state index contributed by atoms with van der Waals surface area (Å²) in [6, 6.07) is 22.9. The van der Waals surface area contributed by atoms with Crippen LogP contribution in [0.4, 0.5) is 14.5 Å². The van der Waals surface area contributed by atoms with Crippen molar-refractivity contribution in [3.8, 4) is 0 Å². The highest BCUT2D eigenvalue weighted by molar-refractivity contribution is 5.46. The number of tetrazole rings is 1. The molecule has 1 fully saturated rings. The molecule has 1 atom stereocenters. The molecule has 6 nitrogen and oxygen atoms in total. The average Bonchev–Trinajstić information content (AvgIpc) is 3.30. The Labute approximate surface area is 191 Å². The van der Waals surface area contributed by atoms with Crippen LogP contribution in [0.15, 0.2) is 78.9 Å². The van der Waals surface area contributed by atoms with E-state index < -0.39 is 6.04 Å². The lowest BCUT2D eigenvalue weighted by Crippen LogP contribution is -2.48. The minimum Gasteiger partial charge on any atom is -0.369 e. The van der Waals surface area contributed by atoms with Gasteiger partial charge in [0.05, 0.1) is 6.54 Å². The first-order valence-electron chi connectivity index (χ1n) is 11.0. The largest absolute Gasteiger partial charge is 0.369 e. The molecule has 0 amide bonds. The third-order valence-electron chi connectivity index (χ3n) is 6.05. The van der Waals surface area contributed by atoms with E-state index in [-0.39, 0.29) is 11.6 Å². The Bertz CT molecular complexity index is 1190. The Kier molecular flexibility index (Phi) is 6.08. The number of para-hydroxylation sites is 1. The van der Waals surface area contributed by atoms with E-state index in [1.54, 1.807) is 28.9 Å². The fraction of sp³-hybridized carbons (Fsp3) is 0.240. The zero-order chi connectivity index (χ0) is 22.6.